The van der Waals surface area contributed by atoms with Gasteiger partial charge in [0.15, 0.2) is 0 Å². The highest BCUT2D eigenvalue weighted by atomic mass is 35.5. The van der Waals surface area contributed by atoms with Gasteiger partial charge < -0.3 is 20.7 Å². The van der Waals surface area contributed by atoms with Crippen LogP contribution in [-0.4, -0.2) is 37.4 Å². The number of thiophene rings is 1. The number of likely N-dealkylation sites (N-methyl/N-ethyl adjacent to an activating group) is 1. The van der Waals surface area contributed by atoms with Crippen molar-refractivity contribution in [3.8, 4) is 5.75 Å². The maximum atomic E-state index is 12.7. The fourth-order valence-corrected chi connectivity index (χ4v) is 4.41. The van der Waals surface area contributed by atoms with E-state index in [2.05, 4.69) is 10.2 Å². The van der Waals surface area contributed by atoms with Gasteiger partial charge in [0.2, 0.25) is 0 Å². The molecule has 1 aliphatic rings. The molecule has 9 heteroatoms. The van der Waals surface area contributed by atoms with Crippen molar-refractivity contribution in [3.05, 3.63) is 44.8 Å². The van der Waals surface area contributed by atoms with Crippen LogP contribution in [-0.2, 0) is 13.0 Å². The second kappa shape index (κ2) is 8.26. The van der Waals surface area contributed by atoms with E-state index in [0.29, 0.717) is 26.9 Å². The zero-order valence-electron chi connectivity index (χ0n) is 14.3. The molecule has 0 atom stereocenters. The molecule has 3 rings (SSSR count). The summed E-state index contributed by atoms with van der Waals surface area (Å²) in [5.74, 6) is -0.521. The smallest absolute Gasteiger partial charge is 0.260 e. The molecular formula is C17H19Cl2N3O3S. The maximum Gasteiger partial charge on any atom is 0.260 e. The average molecular weight is 416 g/mol. The van der Waals surface area contributed by atoms with Crippen molar-refractivity contribution in [1.82, 2.24) is 4.90 Å². The molecule has 0 aliphatic carbocycles. The zero-order valence-corrected chi connectivity index (χ0v) is 16.7. The molecule has 0 fully saturated rings. The molecule has 2 amide bonds. The Morgan fingerprint density at radius 3 is 2.77 bits per heavy atom. The molecule has 1 aromatic carbocycles. The van der Waals surface area contributed by atoms with Gasteiger partial charge in [0, 0.05) is 23.0 Å². The number of nitrogens with zero attached hydrogens (tertiary/aromatic N) is 1. The molecule has 3 N–H and O–H groups in total. The van der Waals surface area contributed by atoms with Crippen LogP contribution in [0.15, 0.2) is 18.2 Å². The van der Waals surface area contributed by atoms with E-state index in [9.17, 15) is 9.59 Å². The number of methoxy groups -OCH3 is 1. The Kier molecular flexibility index (Phi) is 6.52. The maximum absolute atomic E-state index is 12.7. The van der Waals surface area contributed by atoms with Crippen molar-refractivity contribution >= 4 is 52.2 Å². The first-order valence-electron chi connectivity index (χ1n) is 7.68. The Bertz CT molecular complexity index is 854. The van der Waals surface area contributed by atoms with Gasteiger partial charge >= 0.3 is 0 Å². The lowest BCUT2D eigenvalue weighted by molar-refractivity contribution is 0.1000. The van der Waals surface area contributed by atoms with Gasteiger partial charge in [-0.3, -0.25) is 9.59 Å². The third-order valence-corrected chi connectivity index (χ3v) is 5.49. The highest BCUT2D eigenvalue weighted by Crippen LogP contribution is 2.37. The molecule has 0 unspecified atom stereocenters. The highest BCUT2D eigenvalue weighted by molar-refractivity contribution is 7.17. The summed E-state index contributed by atoms with van der Waals surface area (Å²) in [5, 5.41) is 3.70. The molecule has 1 aromatic heterocycles. The number of ether oxygens (including phenoxy) is 1. The van der Waals surface area contributed by atoms with Crippen molar-refractivity contribution in [2.24, 2.45) is 5.73 Å². The number of primary amides is 1. The Labute approximate surface area is 166 Å². The van der Waals surface area contributed by atoms with Gasteiger partial charge in [0.1, 0.15) is 10.8 Å². The molecule has 26 heavy (non-hydrogen) atoms. The van der Waals surface area contributed by atoms with E-state index >= 15 is 0 Å². The van der Waals surface area contributed by atoms with Crippen LogP contribution in [0.5, 0.6) is 5.75 Å². The molecule has 0 bridgehead atoms. The number of benzene rings is 1. The van der Waals surface area contributed by atoms with E-state index in [1.165, 1.54) is 24.5 Å². The van der Waals surface area contributed by atoms with Crippen LogP contribution >= 0.6 is 35.3 Å². The summed E-state index contributed by atoms with van der Waals surface area (Å²) in [4.78, 5) is 27.9. The first-order chi connectivity index (χ1) is 11.9. The van der Waals surface area contributed by atoms with Crippen LogP contribution in [0.25, 0.3) is 0 Å². The molecule has 1 aliphatic heterocycles. The molecule has 6 nitrogen and oxygen atoms in total. The Morgan fingerprint density at radius 1 is 1.38 bits per heavy atom. The van der Waals surface area contributed by atoms with Gasteiger partial charge in [-0.2, -0.15) is 0 Å². The Morgan fingerprint density at radius 2 is 2.12 bits per heavy atom. The molecule has 0 saturated heterocycles. The predicted octanol–water partition coefficient (Wildman–Crippen LogP) is 3.17. The molecule has 2 heterocycles. The second-order valence-electron chi connectivity index (χ2n) is 5.86. The number of anilines is 1. The van der Waals surface area contributed by atoms with Crippen molar-refractivity contribution in [3.63, 3.8) is 0 Å². The van der Waals surface area contributed by atoms with Crippen LogP contribution in [0.2, 0.25) is 5.02 Å². The molecule has 2 aromatic rings. The third kappa shape index (κ3) is 3.96. The summed E-state index contributed by atoms with van der Waals surface area (Å²) in [6.07, 6.45) is 0.733. The van der Waals surface area contributed by atoms with Crippen LogP contribution in [0.1, 0.15) is 31.2 Å². The number of amides is 2. The third-order valence-electron chi connectivity index (χ3n) is 4.13. The minimum atomic E-state index is -0.532. The van der Waals surface area contributed by atoms with Gasteiger partial charge in [-0.25, -0.2) is 0 Å². The van der Waals surface area contributed by atoms with Crippen molar-refractivity contribution < 1.29 is 14.3 Å². The van der Waals surface area contributed by atoms with E-state index in [1.807, 2.05) is 7.05 Å². The SMILES string of the molecule is COc1ccc(Cl)cc1C(=O)Nc1sc2c(c1C(N)=O)CCN(C)C2.Cl. The van der Waals surface area contributed by atoms with E-state index in [4.69, 9.17) is 22.1 Å². The standard InChI is InChI=1S/C17H18ClN3O3S.ClH/c1-21-6-5-10-13(8-21)25-17(14(10)15(19)22)20-16(23)11-7-9(18)3-4-12(11)24-2;/h3-4,7H,5-6,8H2,1-2H3,(H2,19,22)(H,20,23);1H. The average Bonchev–Trinajstić information content (AvgIpc) is 2.91. The summed E-state index contributed by atoms with van der Waals surface area (Å²) in [5.41, 5.74) is 7.21. The minimum absolute atomic E-state index is 0. The normalized spacial score (nSPS) is 13.5. The first-order valence-corrected chi connectivity index (χ1v) is 8.88. The fraction of sp³-hybridized carbons (Fsp3) is 0.294. The largest absolute Gasteiger partial charge is 0.496 e. The summed E-state index contributed by atoms with van der Waals surface area (Å²) in [7, 11) is 3.50. The highest BCUT2D eigenvalue weighted by Gasteiger charge is 2.27. The first kappa shape index (κ1) is 20.5. The van der Waals surface area contributed by atoms with Crippen molar-refractivity contribution in [2.45, 2.75) is 13.0 Å². The molecular weight excluding hydrogens is 397 g/mol. The second-order valence-corrected chi connectivity index (χ2v) is 7.40. The van der Waals surface area contributed by atoms with Crippen LogP contribution in [0.3, 0.4) is 0 Å². The minimum Gasteiger partial charge on any atom is -0.496 e. The Balaban J connectivity index is 0.00000243. The zero-order chi connectivity index (χ0) is 18.1. The van der Waals surface area contributed by atoms with Gasteiger partial charge in [-0.05, 0) is 37.2 Å². The summed E-state index contributed by atoms with van der Waals surface area (Å²) in [6.45, 7) is 1.58. The van der Waals surface area contributed by atoms with Crippen molar-refractivity contribution in [1.29, 1.82) is 0 Å². The number of halogens is 2. The predicted molar refractivity (Wildman–Crippen MR) is 106 cm³/mol. The molecule has 0 saturated carbocycles. The lowest BCUT2D eigenvalue weighted by Gasteiger charge is -2.22. The number of hydrogen-bond donors (Lipinski definition) is 2. The quantitative estimate of drug-likeness (QED) is 0.802. The number of carbonyl (C=O) groups excluding carboxylic acids is 2. The van der Waals surface area contributed by atoms with E-state index < -0.39 is 11.8 Å². The monoisotopic (exact) mass is 415 g/mol. The van der Waals surface area contributed by atoms with Crippen LogP contribution in [0.4, 0.5) is 5.00 Å². The van der Waals surface area contributed by atoms with Gasteiger partial charge in [-0.15, -0.1) is 23.7 Å². The number of fused-ring (bicyclic) bond motifs is 1. The Hall–Kier alpha value is -1.80. The fourth-order valence-electron chi connectivity index (χ4n) is 2.91. The number of nitrogens with one attached hydrogen (secondary N) is 1. The topological polar surface area (TPSA) is 84.7 Å². The van der Waals surface area contributed by atoms with Gasteiger partial charge in [-0.1, -0.05) is 11.6 Å². The van der Waals surface area contributed by atoms with Crippen molar-refractivity contribution in [2.75, 3.05) is 26.0 Å². The van der Waals surface area contributed by atoms with Gasteiger partial charge in [0.05, 0.1) is 18.2 Å². The summed E-state index contributed by atoms with van der Waals surface area (Å²) < 4.78 is 5.22. The molecule has 140 valence electrons. The van der Waals surface area contributed by atoms with E-state index in [1.54, 1.807) is 12.1 Å². The van der Waals surface area contributed by atoms with E-state index in [0.717, 1.165) is 30.0 Å². The van der Waals surface area contributed by atoms with E-state index in [-0.39, 0.29) is 12.4 Å². The number of hydrogen-bond acceptors (Lipinski definition) is 5. The lowest BCUT2D eigenvalue weighted by Crippen LogP contribution is -2.27. The molecule has 0 spiro atoms. The summed E-state index contributed by atoms with van der Waals surface area (Å²) in [6, 6.07) is 4.80. The van der Waals surface area contributed by atoms with Crippen LogP contribution < -0.4 is 15.8 Å². The number of rotatable bonds is 4. The number of carbonyl (C=O) groups is 2. The van der Waals surface area contributed by atoms with Crippen LogP contribution in [0, 0.1) is 0 Å². The lowest BCUT2D eigenvalue weighted by atomic mass is 10.0. The van der Waals surface area contributed by atoms with Gasteiger partial charge in [0.25, 0.3) is 11.8 Å². The molecule has 0 radical (unpaired) electrons. The summed E-state index contributed by atoms with van der Waals surface area (Å²) >= 11 is 7.37. The number of nitrogens with two attached hydrogens (primary N) is 1.